The molecule has 0 saturated heterocycles. The molecule has 0 spiro atoms. The van der Waals surface area contributed by atoms with E-state index >= 15 is 0 Å². The zero-order valence-corrected chi connectivity index (χ0v) is 9.96. The third kappa shape index (κ3) is 1.63. The molecule has 1 fully saturated rings. The summed E-state index contributed by atoms with van der Waals surface area (Å²) in [6, 6.07) is 1.55. The second-order valence-corrected chi connectivity index (χ2v) is 4.77. The smallest absolute Gasteiger partial charge is 0.194 e. The second kappa shape index (κ2) is 3.53. The molecule has 0 radical (unpaired) electrons. The highest BCUT2D eigenvalue weighted by molar-refractivity contribution is 6.29. The van der Waals surface area contributed by atoms with Crippen LogP contribution in [0.4, 0.5) is 4.39 Å². The summed E-state index contributed by atoms with van der Waals surface area (Å²) < 4.78 is 15.3. The van der Waals surface area contributed by atoms with Crippen molar-refractivity contribution in [1.82, 2.24) is 9.55 Å². The van der Waals surface area contributed by atoms with Gasteiger partial charge in [0.15, 0.2) is 16.4 Å². The lowest BCUT2D eigenvalue weighted by atomic mass is 10.2. The molecule has 0 amide bonds. The maximum atomic E-state index is 13.4. The van der Waals surface area contributed by atoms with E-state index in [0.29, 0.717) is 22.6 Å². The molecule has 2 heterocycles. The Morgan fingerprint density at radius 3 is 2.88 bits per heavy atom. The van der Waals surface area contributed by atoms with Gasteiger partial charge in [0.05, 0.1) is 5.39 Å². The fraction of sp³-hybridized carbons (Fsp3) is 0.333. The number of nitrogens with zero attached hydrogens (tertiary/aromatic N) is 2. The number of rotatable bonds is 1. The fourth-order valence-electron chi connectivity index (χ4n) is 1.99. The number of pyridine rings is 2. The normalized spacial score (nSPS) is 15.5. The van der Waals surface area contributed by atoms with Gasteiger partial charge in [0.2, 0.25) is 0 Å². The Morgan fingerprint density at radius 2 is 2.24 bits per heavy atom. The van der Waals surface area contributed by atoms with Crippen LogP contribution in [0.15, 0.2) is 17.1 Å². The van der Waals surface area contributed by atoms with E-state index in [9.17, 15) is 9.18 Å². The van der Waals surface area contributed by atoms with Crippen LogP contribution in [0.2, 0.25) is 5.15 Å². The Balaban J connectivity index is 2.45. The van der Waals surface area contributed by atoms with E-state index in [4.69, 9.17) is 11.6 Å². The first-order valence-corrected chi connectivity index (χ1v) is 5.83. The van der Waals surface area contributed by atoms with E-state index in [1.54, 1.807) is 13.1 Å². The lowest BCUT2D eigenvalue weighted by Gasteiger charge is -2.10. The Hall–Kier alpha value is -1.42. The van der Waals surface area contributed by atoms with Gasteiger partial charge in [-0.25, -0.2) is 9.37 Å². The molecule has 1 aliphatic carbocycles. The van der Waals surface area contributed by atoms with Gasteiger partial charge in [-0.1, -0.05) is 11.6 Å². The summed E-state index contributed by atoms with van der Waals surface area (Å²) in [5.41, 5.74) is 0.905. The maximum absolute atomic E-state index is 13.4. The van der Waals surface area contributed by atoms with Crippen LogP contribution in [0, 0.1) is 12.7 Å². The standard InChI is InChI=1S/C12H10ClFN2O/c1-6-5-16(7-2-3-7)12-8(10(6)17)4-9(14)11(13)15-12/h4-5,7H,2-3H2,1H3. The van der Waals surface area contributed by atoms with Crippen molar-refractivity contribution in [2.45, 2.75) is 25.8 Å². The second-order valence-electron chi connectivity index (χ2n) is 4.41. The summed E-state index contributed by atoms with van der Waals surface area (Å²) in [7, 11) is 0. The number of hydrogen-bond acceptors (Lipinski definition) is 2. The predicted octanol–water partition coefficient (Wildman–Crippen LogP) is 2.83. The number of halogens is 2. The first kappa shape index (κ1) is 10.7. The van der Waals surface area contributed by atoms with Gasteiger partial charge in [0.1, 0.15) is 5.65 Å². The number of aryl methyl sites for hydroxylation is 1. The van der Waals surface area contributed by atoms with Crippen molar-refractivity contribution >= 4 is 22.6 Å². The van der Waals surface area contributed by atoms with Crippen LogP contribution in [-0.2, 0) is 0 Å². The minimum absolute atomic E-state index is 0.181. The summed E-state index contributed by atoms with van der Waals surface area (Å²) in [5.74, 6) is -0.649. The van der Waals surface area contributed by atoms with Gasteiger partial charge < -0.3 is 4.57 Å². The average Bonchev–Trinajstić information content (AvgIpc) is 3.10. The summed E-state index contributed by atoms with van der Waals surface area (Å²) >= 11 is 5.68. The molecule has 3 nitrogen and oxygen atoms in total. The van der Waals surface area contributed by atoms with E-state index in [1.165, 1.54) is 6.07 Å². The Bertz CT molecular complexity index is 676. The topological polar surface area (TPSA) is 34.9 Å². The fourth-order valence-corrected chi connectivity index (χ4v) is 2.13. The molecule has 0 aliphatic heterocycles. The first-order chi connectivity index (χ1) is 8.08. The van der Waals surface area contributed by atoms with Crippen LogP contribution in [0.3, 0.4) is 0 Å². The molecule has 0 aromatic carbocycles. The van der Waals surface area contributed by atoms with E-state index in [2.05, 4.69) is 4.98 Å². The van der Waals surface area contributed by atoms with E-state index in [-0.39, 0.29) is 10.6 Å². The van der Waals surface area contributed by atoms with Crippen molar-refractivity contribution in [3.05, 3.63) is 39.0 Å². The summed E-state index contributed by atoms with van der Waals surface area (Å²) in [6.45, 7) is 1.73. The van der Waals surface area contributed by atoms with Crippen LogP contribution in [0.1, 0.15) is 24.4 Å². The van der Waals surface area contributed by atoms with Gasteiger partial charge in [-0.15, -0.1) is 0 Å². The molecule has 17 heavy (non-hydrogen) atoms. The third-order valence-electron chi connectivity index (χ3n) is 3.03. The largest absolute Gasteiger partial charge is 0.329 e. The summed E-state index contributed by atoms with van der Waals surface area (Å²) in [6.07, 6.45) is 3.91. The zero-order valence-electron chi connectivity index (χ0n) is 9.20. The first-order valence-electron chi connectivity index (χ1n) is 5.45. The highest BCUT2D eigenvalue weighted by Crippen LogP contribution is 2.36. The molecular weight excluding hydrogens is 243 g/mol. The molecule has 88 valence electrons. The predicted molar refractivity (Wildman–Crippen MR) is 64.0 cm³/mol. The maximum Gasteiger partial charge on any atom is 0.194 e. The quantitative estimate of drug-likeness (QED) is 0.732. The SMILES string of the molecule is Cc1cn(C2CC2)c2nc(Cl)c(F)cc2c1=O. The highest BCUT2D eigenvalue weighted by Gasteiger charge is 2.26. The summed E-state index contributed by atoms with van der Waals surface area (Å²) in [5, 5.41) is 0.119. The van der Waals surface area contributed by atoms with Crippen LogP contribution < -0.4 is 5.43 Å². The van der Waals surface area contributed by atoms with E-state index in [1.807, 2.05) is 4.57 Å². The average molecular weight is 253 g/mol. The lowest BCUT2D eigenvalue weighted by molar-refractivity contribution is 0.622. The third-order valence-corrected chi connectivity index (χ3v) is 3.30. The Morgan fingerprint density at radius 1 is 1.53 bits per heavy atom. The molecule has 1 saturated carbocycles. The van der Waals surface area contributed by atoms with Crippen molar-refractivity contribution in [1.29, 1.82) is 0 Å². The molecule has 5 heteroatoms. The molecule has 3 rings (SSSR count). The minimum Gasteiger partial charge on any atom is -0.329 e. The van der Waals surface area contributed by atoms with E-state index in [0.717, 1.165) is 12.8 Å². The van der Waals surface area contributed by atoms with Crippen LogP contribution in [0.5, 0.6) is 0 Å². The summed E-state index contributed by atoms with van der Waals surface area (Å²) in [4.78, 5) is 15.9. The van der Waals surface area contributed by atoms with Gasteiger partial charge in [-0.2, -0.15) is 0 Å². The van der Waals surface area contributed by atoms with Gasteiger partial charge in [-0.05, 0) is 25.8 Å². The molecule has 0 unspecified atom stereocenters. The monoisotopic (exact) mass is 252 g/mol. The molecule has 2 aromatic rings. The molecule has 0 N–H and O–H groups in total. The van der Waals surface area contributed by atoms with Crippen molar-refractivity contribution in [2.24, 2.45) is 0 Å². The lowest BCUT2D eigenvalue weighted by Crippen LogP contribution is -2.13. The Labute approximate surface area is 102 Å². The Kier molecular flexibility index (Phi) is 2.23. The zero-order chi connectivity index (χ0) is 12.2. The van der Waals surface area contributed by atoms with E-state index < -0.39 is 5.82 Å². The molecule has 0 atom stereocenters. The molecule has 0 bridgehead atoms. The minimum atomic E-state index is -0.649. The molecule has 1 aliphatic rings. The van der Waals surface area contributed by atoms with Crippen molar-refractivity contribution in [3.8, 4) is 0 Å². The van der Waals surface area contributed by atoms with Gasteiger partial charge in [0.25, 0.3) is 0 Å². The van der Waals surface area contributed by atoms with Crippen LogP contribution >= 0.6 is 11.6 Å². The highest BCUT2D eigenvalue weighted by atomic mass is 35.5. The van der Waals surface area contributed by atoms with Crippen LogP contribution in [0.25, 0.3) is 11.0 Å². The molecule has 2 aromatic heterocycles. The number of hydrogen-bond donors (Lipinski definition) is 0. The van der Waals surface area contributed by atoms with Crippen molar-refractivity contribution < 1.29 is 4.39 Å². The number of fused-ring (bicyclic) bond motifs is 1. The van der Waals surface area contributed by atoms with Crippen molar-refractivity contribution in [3.63, 3.8) is 0 Å². The number of aromatic nitrogens is 2. The van der Waals surface area contributed by atoms with Gasteiger partial charge in [0, 0.05) is 17.8 Å². The van der Waals surface area contributed by atoms with Crippen LogP contribution in [-0.4, -0.2) is 9.55 Å². The van der Waals surface area contributed by atoms with Gasteiger partial charge >= 0.3 is 0 Å². The van der Waals surface area contributed by atoms with Gasteiger partial charge in [-0.3, -0.25) is 4.79 Å². The molecular formula is C12H10ClFN2O. The van der Waals surface area contributed by atoms with Crippen molar-refractivity contribution in [2.75, 3.05) is 0 Å².